The van der Waals surface area contributed by atoms with Gasteiger partial charge in [0, 0.05) is 6.04 Å². The third-order valence-corrected chi connectivity index (χ3v) is 3.85. The van der Waals surface area contributed by atoms with E-state index in [-0.39, 0.29) is 0 Å². The van der Waals surface area contributed by atoms with Crippen LogP contribution in [0.4, 0.5) is 0 Å². The Morgan fingerprint density at radius 3 is 2.94 bits per heavy atom. The minimum atomic E-state index is 0.505. The largest absolute Gasteiger partial charge is 0.492 e. The summed E-state index contributed by atoms with van der Waals surface area (Å²) in [5, 5.41) is 4.54. The molecule has 1 N–H and O–H groups in total. The van der Waals surface area contributed by atoms with E-state index in [0.29, 0.717) is 28.4 Å². The molecule has 0 amide bonds. The zero-order chi connectivity index (χ0) is 12.1. The second-order valence-corrected chi connectivity index (χ2v) is 5.12. The Morgan fingerprint density at radius 2 is 2.18 bits per heavy atom. The molecule has 4 heteroatoms. The molecule has 2 rings (SSSR count). The Balaban J connectivity index is 1.79. The Morgan fingerprint density at radius 1 is 1.29 bits per heavy atom. The quantitative estimate of drug-likeness (QED) is 0.899. The van der Waals surface area contributed by atoms with Crippen LogP contribution >= 0.6 is 23.2 Å². The second kappa shape index (κ2) is 6.48. The van der Waals surface area contributed by atoms with Crippen LogP contribution in [0.3, 0.4) is 0 Å². The average molecular weight is 274 g/mol. The maximum absolute atomic E-state index is 6.04. The minimum absolute atomic E-state index is 0.505. The molecule has 1 fully saturated rings. The van der Waals surface area contributed by atoms with Crippen LogP contribution in [0.1, 0.15) is 25.7 Å². The van der Waals surface area contributed by atoms with Gasteiger partial charge in [-0.2, -0.15) is 0 Å². The second-order valence-electron chi connectivity index (χ2n) is 4.34. The molecular formula is C13H17Cl2NO. The normalized spacial score (nSPS) is 20.2. The summed E-state index contributed by atoms with van der Waals surface area (Å²) in [4.78, 5) is 0. The van der Waals surface area contributed by atoms with Crippen molar-refractivity contribution in [3.05, 3.63) is 28.2 Å². The van der Waals surface area contributed by atoms with Crippen LogP contribution in [-0.2, 0) is 0 Å². The average Bonchev–Trinajstić information content (AvgIpc) is 2.36. The van der Waals surface area contributed by atoms with Gasteiger partial charge in [-0.3, -0.25) is 0 Å². The van der Waals surface area contributed by atoms with Gasteiger partial charge in [0.25, 0.3) is 0 Å². The van der Waals surface area contributed by atoms with Crippen molar-refractivity contribution in [1.82, 2.24) is 5.32 Å². The first-order valence-corrected chi connectivity index (χ1v) is 6.83. The molecule has 2 nitrogen and oxygen atoms in total. The molecule has 0 aliphatic carbocycles. The number of hydrogen-bond acceptors (Lipinski definition) is 2. The molecule has 0 radical (unpaired) electrons. The predicted octanol–water partition coefficient (Wildman–Crippen LogP) is 3.90. The van der Waals surface area contributed by atoms with E-state index in [2.05, 4.69) is 5.32 Å². The molecule has 0 bridgehead atoms. The monoisotopic (exact) mass is 273 g/mol. The van der Waals surface area contributed by atoms with E-state index in [0.717, 1.165) is 13.0 Å². The summed E-state index contributed by atoms with van der Waals surface area (Å²) in [6.07, 6.45) is 4.86. The van der Waals surface area contributed by atoms with Crippen LogP contribution in [0, 0.1) is 0 Å². The van der Waals surface area contributed by atoms with Crippen molar-refractivity contribution in [3.8, 4) is 5.75 Å². The third kappa shape index (κ3) is 3.77. The smallest absolute Gasteiger partial charge is 0.139 e. The van der Waals surface area contributed by atoms with Crippen molar-refractivity contribution in [2.75, 3.05) is 13.2 Å². The summed E-state index contributed by atoms with van der Waals surface area (Å²) < 4.78 is 5.66. The Bertz CT molecular complexity index is 364. The van der Waals surface area contributed by atoms with Crippen LogP contribution in [0.15, 0.2) is 18.2 Å². The zero-order valence-corrected chi connectivity index (χ0v) is 11.2. The van der Waals surface area contributed by atoms with Gasteiger partial charge in [0.2, 0.25) is 0 Å². The molecule has 1 aliphatic rings. The van der Waals surface area contributed by atoms with Crippen LogP contribution in [0.25, 0.3) is 0 Å². The van der Waals surface area contributed by atoms with Crippen LogP contribution in [0.2, 0.25) is 10.0 Å². The van der Waals surface area contributed by atoms with Crippen molar-refractivity contribution < 1.29 is 4.74 Å². The van der Waals surface area contributed by atoms with E-state index in [1.165, 1.54) is 19.3 Å². The number of halogens is 2. The molecule has 1 saturated heterocycles. The molecule has 1 aliphatic heterocycles. The number of ether oxygens (including phenoxy) is 1. The van der Waals surface area contributed by atoms with Gasteiger partial charge in [-0.05, 0) is 37.9 Å². The van der Waals surface area contributed by atoms with E-state index in [1.807, 2.05) is 12.1 Å². The lowest BCUT2D eigenvalue weighted by Crippen LogP contribution is -2.35. The highest BCUT2D eigenvalue weighted by atomic mass is 35.5. The van der Waals surface area contributed by atoms with Gasteiger partial charge in [-0.1, -0.05) is 35.7 Å². The Hall–Kier alpha value is -0.440. The highest BCUT2D eigenvalue weighted by Gasteiger charge is 2.12. The molecule has 0 spiro atoms. The highest BCUT2D eigenvalue weighted by Crippen LogP contribution is 2.31. The number of benzene rings is 1. The van der Waals surface area contributed by atoms with Crippen LogP contribution in [-0.4, -0.2) is 19.2 Å². The summed E-state index contributed by atoms with van der Waals surface area (Å²) in [5.41, 5.74) is 0. The lowest BCUT2D eigenvalue weighted by atomic mass is 10.0. The molecular weight excluding hydrogens is 257 g/mol. The maximum atomic E-state index is 6.04. The van der Waals surface area contributed by atoms with Gasteiger partial charge in [-0.25, -0.2) is 0 Å². The molecule has 0 aromatic heterocycles. The first-order chi connectivity index (χ1) is 8.27. The summed E-state index contributed by atoms with van der Waals surface area (Å²) in [6, 6.07) is 6.05. The summed E-state index contributed by atoms with van der Waals surface area (Å²) in [6.45, 7) is 1.81. The fourth-order valence-electron chi connectivity index (χ4n) is 2.08. The molecule has 17 heavy (non-hydrogen) atoms. The van der Waals surface area contributed by atoms with Crippen molar-refractivity contribution in [3.63, 3.8) is 0 Å². The number of rotatable bonds is 4. The zero-order valence-electron chi connectivity index (χ0n) is 9.72. The van der Waals surface area contributed by atoms with E-state index >= 15 is 0 Å². The van der Waals surface area contributed by atoms with E-state index in [4.69, 9.17) is 27.9 Å². The molecule has 1 atom stereocenters. The lowest BCUT2D eigenvalue weighted by Gasteiger charge is -2.23. The lowest BCUT2D eigenvalue weighted by molar-refractivity contribution is 0.268. The fraction of sp³-hybridized carbons (Fsp3) is 0.538. The first kappa shape index (κ1) is 13.0. The van der Waals surface area contributed by atoms with Gasteiger partial charge in [0.05, 0.1) is 11.6 Å². The third-order valence-electron chi connectivity index (χ3n) is 3.05. The van der Waals surface area contributed by atoms with Gasteiger partial charge in [0.1, 0.15) is 10.8 Å². The Labute approximate surface area is 112 Å². The van der Waals surface area contributed by atoms with E-state index in [1.54, 1.807) is 6.07 Å². The first-order valence-electron chi connectivity index (χ1n) is 6.07. The van der Waals surface area contributed by atoms with E-state index in [9.17, 15) is 0 Å². The molecule has 0 unspecified atom stereocenters. The van der Waals surface area contributed by atoms with Crippen molar-refractivity contribution in [2.24, 2.45) is 0 Å². The molecule has 1 heterocycles. The number of hydrogen-bond donors (Lipinski definition) is 1. The SMILES string of the molecule is Clc1cccc(OCC[C@H]2CCCCN2)c1Cl. The van der Waals surface area contributed by atoms with Crippen LogP contribution in [0.5, 0.6) is 5.75 Å². The summed E-state index contributed by atoms with van der Waals surface area (Å²) in [5.74, 6) is 0.676. The Kier molecular flexibility index (Phi) is 4.96. The molecule has 94 valence electrons. The van der Waals surface area contributed by atoms with Gasteiger partial charge in [0.15, 0.2) is 0 Å². The van der Waals surface area contributed by atoms with Gasteiger partial charge in [-0.15, -0.1) is 0 Å². The summed E-state index contributed by atoms with van der Waals surface area (Å²) in [7, 11) is 0. The van der Waals surface area contributed by atoms with Crippen molar-refractivity contribution in [2.45, 2.75) is 31.7 Å². The number of nitrogens with one attached hydrogen (secondary N) is 1. The summed E-state index contributed by atoms with van der Waals surface area (Å²) >= 11 is 12.0. The predicted molar refractivity (Wildman–Crippen MR) is 72.2 cm³/mol. The van der Waals surface area contributed by atoms with Crippen molar-refractivity contribution in [1.29, 1.82) is 0 Å². The number of piperidine rings is 1. The fourth-order valence-corrected chi connectivity index (χ4v) is 2.42. The maximum Gasteiger partial charge on any atom is 0.139 e. The molecule has 0 saturated carbocycles. The highest BCUT2D eigenvalue weighted by molar-refractivity contribution is 6.42. The van der Waals surface area contributed by atoms with Crippen LogP contribution < -0.4 is 10.1 Å². The molecule has 1 aromatic carbocycles. The molecule has 1 aromatic rings. The topological polar surface area (TPSA) is 21.3 Å². The van der Waals surface area contributed by atoms with Gasteiger partial charge >= 0.3 is 0 Å². The van der Waals surface area contributed by atoms with Gasteiger partial charge < -0.3 is 10.1 Å². The standard InChI is InChI=1S/C13H17Cl2NO/c14-11-5-3-6-12(13(11)15)17-9-7-10-4-1-2-8-16-10/h3,5-6,10,16H,1-2,4,7-9H2/t10-/m1/s1. The van der Waals surface area contributed by atoms with E-state index < -0.39 is 0 Å². The van der Waals surface area contributed by atoms with Crippen molar-refractivity contribution >= 4 is 23.2 Å². The minimum Gasteiger partial charge on any atom is -0.492 e.